The topological polar surface area (TPSA) is 119 Å². The maximum atomic E-state index is 11.9. The molecule has 2 aliphatic carbocycles. The maximum Gasteiger partial charge on any atom is 1.00 e. The summed E-state index contributed by atoms with van der Waals surface area (Å²) in [6, 6.07) is 26.2. The summed E-state index contributed by atoms with van der Waals surface area (Å²) >= 11 is 0. The molecule has 2 saturated heterocycles. The molecule has 10 heteroatoms. The van der Waals surface area contributed by atoms with Gasteiger partial charge in [0.1, 0.15) is 11.5 Å². The fourth-order valence-electron chi connectivity index (χ4n) is 8.73. The van der Waals surface area contributed by atoms with Gasteiger partial charge in [-0.2, -0.15) is 0 Å². The van der Waals surface area contributed by atoms with Crippen molar-refractivity contribution < 1.29 is 63.9 Å². The second-order valence-corrected chi connectivity index (χ2v) is 15.9. The zero-order valence-corrected chi connectivity index (χ0v) is 35.5. The molecule has 56 heavy (non-hydrogen) atoms. The predicted octanol–water partition coefficient (Wildman–Crippen LogP) is 6.22. The molecule has 0 spiro atoms. The van der Waals surface area contributed by atoms with Crippen molar-refractivity contribution in [2.24, 2.45) is 11.8 Å². The number of piperidine rings is 2. The zero-order valence-electron chi connectivity index (χ0n) is 33.5. The van der Waals surface area contributed by atoms with Crippen LogP contribution in [-0.2, 0) is 27.4 Å². The molecule has 0 bridgehead atoms. The third-order valence-corrected chi connectivity index (χ3v) is 11.9. The van der Waals surface area contributed by atoms with Crippen molar-refractivity contribution in [1.82, 2.24) is 9.80 Å². The Morgan fingerprint density at radius 3 is 1.39 bits per heavy atom. The smallest absolute Gasteiger partial charge is 0.870 e. The number of carboxylic acids is 1. The van der Waals surface area contributed by atoms with Crippen LogP contribution in [0.15, 0.2) is 72.8 Å². The number of benzene rings is 4. The molecule has 4 aromatic rings. The molecule has 4 aliphatic rings. The Kier molecular flexibility index (Phi) is 16.9. The molecule has 296 valence electrons. The average Bonchev–Trinajstić information content (AvgIpc) is 3.91. The van der Waals surface area contributed by atoms with E-state index in [-0.39, 0.29) is 52.8 Å². The summed E-state index contributed by atoms with van der Waals surface area (Å²) in [5.41, 5.74) is 2.61. The van der Waals surface area contributed by atoms with E-state index in [0.717, 1.165) is 76.5 Å². The molecule has 4 aromatic carbocycles. The molecule has 0 amide bonds. The Hall–Kier alpha value is -3.18. The van der Waals surface area contributed by atoms with Crippen LogP contribution in [0.2, 0.25) is 0 Å². The first-order chi connectivity index (χ1) is 26.4. The molecule has 0 unspecified atom stereocenters. The van der Waals surface area contributed by atoms with E-state index in [0.29, 0.717) is 18.8 Å². The second-order valence-electron chi connectivity index (χ2n) is 15.9. The number of nitrogens with zero attached hydrogens (tertiary/aromatic N) is 2. The fourth-order valence-corrected chi connectivity index (χ4v) is 8.73. The van der Waals surface area contributed by atoms with E-state index >= 15 is 0 Å². The third kappa shape index (κ3) is 12.2. The van der Waals surface area contributed by atoms with Crippen LogP contribution in [0.1, 0.15) is 95.1 Å². The monoisotopic (exact) mass is 774 g/mol. The number of aliphatic carboxylic acids is 1. The van der Waals surface area contributed by atoms with Gasteiger partial charge in [0.05, 0.1) is 30.7 Å². The van der Waals surface area contributed by atoms with Gasteiger partial charge >= 0.3 is 41.5 Å². The number of hydrogen-bond acceptors (Lipinski definition) is 8. The number of rotatable bonds is 11. The Morgan fingerprint density at radius 2 is 0.982 bits per heavy atom. The van der Waals surface area contributed by atoms with Gasteiger partial charge in [-0.3, -0.25) is 19.4 Å². The molecule has 2 heterocycles. The quantitative estimate of drug-likeness (QED) is 0.140. The molecule has 9 nitrogen and oxygen atoms in total. The van der Waals surface area contributed by atoms with Crippen LogP contribution in [0.4, 0.5) is 0 Å². The Morgan fingerprint density at radius 1 is 0.589 bits per heavy atom. The van der Waals surface area contributed by atoms with Crippen molar-refractivity contribution in [2.45, 2.75) is 109 Å². The minimum absolute atomic E-state index is 0. The van der Waals surface area contributed by atoms with E-state index in [9.17, 15) is 9.59 Å². The summed E-state index contributed by atoms with van der Waals surface area (Å²) in [5, 5.41) is 14.1. The number of likely N-dealkylation sites (tertiary alicyclic amines) is 2. The molecule has 2 saturated carbocycles. The van der Waals surface area contributed by atoms with Crippen LogP contribution in [-0.4, -0.2) is 77.3 Å². The maximum absolute atomic E-state index is 11.9. The van der Waals surface area contributed by atoms with E-state index in [1.165, 1.54) is 84.0 Å². The van der Waals surface area contributed by atoms with E-state index in [4.69, 9.17) is 19.3 Å². The number of carbonyl (C=O) groups is 2. The molecule has 0 radical (unpaired) electrons. The molecular weight excluding hydrogens is 716 g/mol. The van der Waals surface area contributed by atoms with E-state index in [1.54, 1.807) is 0 Å². The number of ether oxygens (including phenoxy) is 3. The number of fused-ring (bicyclic) bond motifs is 2. The second kappa shape index (κ2) is 21.5. The summed E-state index contributed by atoms with van der Waals surface area (Å²) in [6.45, 7) is 7.81. The summed E-state index contributed by atoms with van der Waals surface area (Å²) in [6.07, 6.45) is 14.0. The summed E-state index contributed by atoms with van der Waals surface area (Å²) in [4.78, 5) is 27.8. The van der Waals surface area contributed by atoms with Gasteiger partial charge in [0, 0.05) is 13.1 Å². The van der Waals surface area contributed by atoms with Gasteiger partial charge in [-0.25, -0.2) is 0 Å². The minimum atomic E-state index is -0.647. The predicted molar refractivity (Wildman–Crippen MR) is 216 cm³/mol. The standard InChI is InChI=1S/C24H31NO3.C22H27NO3.Na.H2O/c1-2-27-24(26)19-11-13-25(14-12-19)17-18-7-8-21-16-23(10-9-20(21)15-18)28-22-5-3-4-6-22;24-22(25)17-9-11-23(12-10-17)15-16-5-6-19-14-21(8-7-18(19)13-16)26-20-3-1-2-4-20;;/h7-10,15-16,19,22H,2-6,11-14,17H2,1H3;5-8,13-14,17,20H,1-4,9-12,15H2,(H,24,25);;1H2/q;;+1;/p-1. The number of carbonyl (C=O) groups excluding carboxylic acids is 1. The number of esters is 1. The molecule has 0 atom stereocenters. The van der Waals surface area contributed by atoms with Crippen molar-refractivity contribution in [2.75, 3.05) is 32.8 Å². The van der Waals surface area contributed by atoms with Crippen LogP contribution >= 0.6 is 0 Å². The zero-order chi connectivity index (χ0) is 37.3. The van der Waals surface area contributed by atoms with Crippen molar-refractivity contribution in [1.29, 1.82) is 0 Å². The van der Waals surface area contributed by atoms with Crippen molar-refractivity contribution >= 4 is 33.5 Å². The normalized spacial score (nSPS) is 18.8. The van der Waals surface area contributed by atoms with Gasteiger partial charge < -0.3 is 24.8 Å². The van der Waals surface area contributed by atoms with Crippen LogP contribution in [0.3, 0.4) is 0 Å². The van der Waals surface area contributed by atoms with Gasteiger partial charge in [0.25, 0.3) is 0 Å². The van der Waals surface area contributed by atoms with E-state index < -0.39 is 5.97 Å². The molecule has 2 aliphatic heterocycles. The van der Waals surface area contributed by atoms with Crippen LogP contribution in [0, 0.1) is 11.8 Å². The first-order valence-corrected chi connectivity index (χ1v) is 20.6. The fraction of sp³-hybridized carbons (Fsp3) is 0.522. The van der Waals surface area contributed by atoms with Crippen LogP contribution in [0.5, 0.6) is 11.5 Å². The summed E-state index contributed by atoms with van der Waals surface area (Å²) in [7, 11) is 0. The van der Waals surface area contributed by atoms with Gasteiger partial charge in [0.2, 0.25) is 0 Å². The Bertz CT molecular complexity index is 1860. The third-order valence-electron chi connectivity index (χ3n) is 11.9. The molecule has 8 rings (SSSR count). The van der Waals surface area contributed by atoms with Crippen molar-refractivity contribution in [3.63, 3.8) is 0 Å². The summed E-state index contributed by atoms with van der Waals surface area (Å²) < 4.78 is 17.4. The SMILES string of the molecule is CCOC(=O)C1CCN(Cc2ccc3cc(OC4CCCC4)ccc3c2)CC1.O=C(O)C1CCN(Cc2ccc3cc(OC4CCCC4)ccc3c2)CC1.[Na+].[OH-]. The first-order valence-electron chi connectivity index (χ1n) is 20.6. The van der Waals surface area contributed by atoms with E-state index in [1.807, 2.05) is 6.92 Å². The minimum Gasteiger partial charge on any atom is -0.870 e. The van der Waals surface area contributed by atoms with Gasteiger partial charge in [-0.1, -0.05) is 36.4 Å². The largest absolute Gasteiger partial charge is 1.00 e. The Balaban J connectivity index is 0.000000207. The molecule has 4 fully saturated rings. The van der Waals surface area contributed by atoms with Crippen molar-refractivity contribution in [3.05, 3.63) is 83.9 Å². The van der Waals surface area contributed by atoms with Gasteiger partial charge in [-0.15, -0.1) is 0 Å². The Labute approximate surface area is 354 Å². The molecule has 0 aromatic heterocycles. The molecule has 2 N–H and O–H groups in total. The van der Waals surface area contributed by atoms with Crippen LogP contribution in [0.25, 0.3) is 21.5 Å². The van der Waals surface area contributed by atoms with Crippen molar-refractivity contribution in [3.8, 4) is 11.5 Å². The average molecular weight is 775 g/mol. The number of hydrogen-bond donors (Lipinski definition) is 1. The molecular formula is C46H59N2NaO7. The summed E-state index contributed by atoms with van der Waals surface area (Å²) in [5.74, 6) is 1.21. The number of carboxylic acid groups (broad SMARTS) is 1. The van der Waals surface area contributed by atoms with Gasteiger partial charge in [0.15, 0.2) is 0 Å². The van der Waals surface area contributed by atoms with E-state index in [2.05, 4.69) is 82.6 Å². The van der Waals surface area contributed by atoms with Crippen LogP contribution < -0.4 is 39.0 Å². The first kappa shape index (κ1) is 43.9. The van der Waals surface area contributed by atoms with Gasteiger partial charge in [-0.05, 0) is 179 Å².